The summed E-state index contributed by atoms with van der Waals surface area (Å²) >= 11 is 1.50. The highest BCUT2D eigenvalue weighted by molar-refractivity contribution is 7.15. The van der Waals surface area contributed by atoms with E-state index in [4.69, 9.17) is 4.74 Å². The number of amides is 1. The highest BCUT2D eigenvalue weighted by Crippen LogP contribution is 2.22. The number of aryl methyl sites for hydroxylation is 1. The van der Waals surface area contributed by atoms with Crippen molar-refractivity contribution in [3.05, 3.63) is 76.3 Å². The third kappa shape index (κ3) is 4.92. The van der Waals surface area contributed by atoms with E-state index in [0.717, 1.165) is 17.0 Å². The molecule has 3 aromatic rings. The van der Waals surface area contributed by atoms with E-state index >= 15 is 0 Å². The number of thiazole rings is 1. The van der Waals surface area contributed by atoms with E-state index in [-0.39, 0.29) is 12.0 Å². The van der Waals surface area contributed by atoms with Crippen molar-refractivity contribution >= 4 is 22.4 Å². The minimum Gasteiger partial charge on any atom is -0.491 e. The highest BCUT2D eigenvalue weighted by atomic mass is 32.1. The minimum absolute atomic E-state index is 0.108. The molecule has 1 amide bonds. The van der Waals surface area contributed by atoms with E-state index in [2.05, 4.69) is 41.5 Å². The molecule has 5 heteroatoms. The van der Waals surface area contributed by atoms with Crippen molar-refractivity contribution in [3.63, 3.8) is 0 Å². The van der Waals surface area contributed by atoms with Crippen LogP contribution < -0.4 is 10.1 Å². The van der Waals surface area contributed by atoms with Crippen molar-refractivity contribution in [2.75, 3.05) is 5.32 Å². The second kappa shape index (κ2) is 8.15. The van der Waals surface area contributed by atoms with Crippen LogP contribution in [0.15, 0.2) is 54.7 Å². The Balaban J connectivity index is 1.62. The third-order valence-corrected chi connectivity index (χ3v) is 4.64. The van der Waals surface area contributed by atoms with Crippen LogP contribution in [0.4, 0.5) is 5.13 Å². The molecule has 0 fully saturated rings. The summed E-state index contributed by atoms with van der Waals surface area (Å²) in [6.07, 6.45) is 2.75. The molecule has 1 heterocycles. The summed E-state index contributed by atoms with van der Waals surface area (Å²) < 4.78 is 5.59. The monoisotopic (exact) mass is 366 g/mol. The summed E-state index contributed by atoms with van der Waals surface area (Å²) in [4.78, 5) is 17.8. The van der Waals surface area contributed by atoms with Gasteiger partial charge in [-0.15, -0.1) is 11.3 Å². The number of nitrogens with zero attached hydrogens (tertiary/aromatic N) is 1. The van der Waals surface area contributed by atoms with Crippen LogP contribution in [0.1, 0.15) is 40.2 Å². The zero-order valence-corrected chi connectivity index (χ0v) is 16.0. The SMILES string of the molecule is Cc1cccc(Cc2cnc(NC(=O)c3ccc(OC(C)C)cc3)s2)c1. The fraction of sp³-hybridized carbons (Fsp3) is 0.238. The molecule has 0 spiro atoms. The molecule has 1 aromatic heterocycles. The Bertz CT molecular complexity index is 885. The Morgan fingerprint density at radius 3 is 2.65 bits per heavy atom. The van der Waals surface area contributed by atoms with E-state index in [9.17, 15) is 4.79 Å². The Labute approximate surface area is 157 Å². The van der Waals surface area contributed by atoms with Gasteiger partial charge >= 0.3 is 0 Å². The molecule has 0 saturated carbocycles. The molecule has 0 saturated heterocycles. The summed E-state index contributed by atoms with van der Waals surface area (Å²) in [5.41, 5.74) is 3.06. The summed E-state index contributed by atoms with van der Waals surface area (Å²) in [6, 6.07) is 15.5. The van der Waals surface area contributed by atoms with Crippen LogP contribution in [0.25, 0.3) is 0 Å². The second-order valence-electron chi connectivity index (χ2n) is 6.44. The number of benzene rings is 2. The van der Waals surface area contributed by atoms with E-state index in [1.165, 1.54) is 22.5 Å². The molecular weight excluding hydrogens is 344 g/mol. The first-order valence-corrected chi connectivity index (χ1v) is 9.39. The van der Waals surface area contributed by atoms with Gasteiger partial charge in [-0.3, -0.25) is 10.1 Å². The smallest absolute Gasteiger partial charge is 0.257 e. The van der Waals surface area contributed by atoms with Gasteiger partial charge in [-0.1, -0.05) is 29.8 Å². The summed E-state index contributed by atoms with van der Waals surface area (Å²) in [5.74, 6) is 0.587. The quantitative estimate of drug-likeness (QED) is 0.662. The lowest BCUT2D eigenvalue weighted by molar-refractivity contribution is 0.102. The van der Waals surface area contributed by atoms with Crippen LogP contribution in [0.2, 0.25) is 0 Å². The lowest BCUT2D eigenvalue weighted by Gasteiger charge is -2.09. The predicted octanol–water partition coefficient (Wildman–Crippen LogP) is 5.08. The zero-order valence-electron chi connectivity index (χ0n) is 15.2. The number of nitrogens with one attached hydrogen (secondary N) is 1. The van der Waals surface area contributed by atoms with Crippen LogP contribution in [0, 0.1) is 6.92 Å². The molecule has 0 aliphatic heterocycles. The fourth-order valence-electron chi connectivity index (χ4n) is 2.60. The summed E-state index contributed by atoms with van der Waals surface area (Å²) in [6.45, 7) is 6.02. The van der Waals surface area contributed by atoms with Gasteiger partial charge in [0.2, 0.25) is 0 Å². The van der Waals surface area contributed by atoms with Crippen LogP contribution >= 0.6 is 11.3 Å². The van der Waals surface area contributed by atoms with Crippen molar-refractivity contribution < 1.29 is 9.53 Å². The number of hydrogen-bond donors (Lipinski definition) is 1. The van der Waals surface area contributed by atoms with E-state index in [0.29, 0.717) is 10.7 Å². The number of carbonyl (C=O) groups excluding carboxylic acids is 1. The lowest BCUT2D eigenvalue weighted by atomic mass is 10.1. The van der Waals surface area contributed by atoms with Gasteiger partial charge in [0, 0.05) is 23.1 Å². The summed E-state index contributed by atoms with van der Waals surface area (Å²) in [5, 5.41) is 3.47. The molecule has 0 atom stereocenters. The Morgan fingerprint density at radius 2 is 1.96 bits per heavy atom. The Kier molecular flexibility index (Phi) is 5.68. The van der Waals surface area contributed by atoms with Gasteiger partial charge in [-0.2, -0.15) is 0 Å². The van der Waals surface area contributed by atoms with Crippen molar-refractivity contribution in [1.82, 2.24) is 4.98 Å². The van der Waals surface area contributed by atoms with Gasteiger partial charge in [0.1, 0.15) is 5.75 Å². The molecule has 4 nitrogen and oxygen atoms in total. The maximum Gasteiger partial charge on any atom is 0.257 e. The predicted molar refractivity (Wildman–Crippen MR) is 106 cm³/mol. The highest BCUT2D eigenvalue weighted by Gasteiger charge is 2.10. The van der Waals surface area contributed by atoms with Crippen molar-refractivity contribution in [2.24, 2.45) is 0 Å². The molecule has 2 aromatic carbocycles. The first kappa shape index (κ1) is 18.1. The van der Waals surface area contributed by atoms with Gasteiger partial charge in [0.05, 0.1) is 6.10 Å². The first-order chi connectivity index (χ1) is 12.5. The normalized spacial score (nSPS) is 10.8. The maximum atomic E-state index is 12.4. The molecule has 134 valence electrons. The molecule has 0 aliphatic rings. The molecule has 0 unspecified atom stereocenters. The van der Waals surface area contributed by atoms with Gasteiger partial charge < -0.3 is 4.74 Å². The molecule has 0 bridgehead atoms. The molecule has 0 aliphatic carbocycles. The minimum atomic E-state index is -0.169. The topological polar surface area (TPSA) is 51.2 Å². The number of ether oxygens (including phenoxy) is 1. The van der Waals surface area contributed by atoms with E-state index in [1.807, 2.05) is 20.0 Å². The zero-order chi connectivity index (χ0) is 18.5. The van der Waals surface area contributed by atoms with E-state index < -0.39 is 0 Å². The summed E-state index contributed by atoms with van der Waals surface area (Å²) in [7, 11) is 0. The second-order valence-corrected chi connectivity index (χ2v) is 7.56. The van der Waals surface area contributed by atoms with Crippen molar-refractivity contribution in [3.8, 4) is 5.75 Å². The molecule has 3 rings (SSSR count). The van der Waals surface area contributed by atoms with Crippen molar-refractivity contribution in [2.45, 2.75) is 33.3 Å². The maximum absolute atomic E-state index is 12.4. The van der Waals surface area contributed by atoms with Gasteiger partial charge in [0.15, 0.2) is 5.13 Å². The Morgan fingerprint density at radius 1 is 1.19 bits per heavy atom. The standard InChI is InChI=1S/C21H22N2O2S/c1-14(2)25-18-9-7-17(8-10-18)20(24)23-21-22-13-19(26-21)12-16-6-4-5-15(3)11-16/h4-11,13-14H,12H2,1-3H3,(H,22,23,24). The number of hydrogen-bond acceptors (Lipinski definition) is 4. The molecule has 1 N–H and O–H groups in total. The van der Waals surface area contributed by atoms with Crippen LogP contribution in [-0.4, -0.2) is 17.0 Å². The first-order valence-electron chi connectivity index (χ1n) is 8.58. The average molecular weight is 366 g/mol. The van der Waals surface area contributed by atoms with Crippen LogP contribution in [0.5, 0.6) is 5.75 Å². The number of aromatic nitrogens is 1. The Hall–Kier alpha value is -2.66. The molecular formula is C21H22N2O2S. The number of carbonyl (C=O) groups is 1. The number of anilines is 1. The van der Waals surface area contributed by atoms with Crippen molar-refractivity contribution in [1.29, 1.82) is 0 Å². The van der Waals surface area contributed by atoms with Gasteiger partial charge in [-0.25, -0.2) is 4.98 Å². The third-order valence-electron chi connectivity index (χ3n) is 3.72. The largest absolute Gasteiger partial charge is 0.491 e. The van der Waals surface area contributed by atoms with Crippen LogP contribution in [0.3, 0.4) is 0 Å². The van der Waals surface area contributed by atoms with E-state index in [1.54, 1.807) is 24.3 Å². The number of rotatable bonds is 6. The van der Waals surface area contributed by atoms with Crippen LogP contribution in [-0.2, 0) is 6.42 Å². The average Bonchev–Trinajstić information content (AvgIpc) is 3.02. The molecule has 0 radical (unpaired) electrons. The van der Waals surface area contributed by atoms with Gasteiger partial charge in [0.25, 0.3) is 5.91 Å². The fourth-order valence-corrected chi connectivity index (χ4v) is 3.44. The van der Waals surface area contributed by atoms with Gasteiger partial charge in [-0.05, 0) is 50.6 Å². The lowest BCUT2D eigenvalue weighted by Crippen LogP contribution is -2.11. The molecule has 26 heavy (non-hydrogen) atoms.